The molecular weight excluding hydrogens is 302 g/mol. The second-order valence-electron chi connectivity index (χ2n) is 5.02. The second-order valence-corrected chi connectivity index (χ2v) is 5.02. The fourth-order valence-electron chi connectivity index (χ4n) is 1.86. The number of hydrogen-bond acceptors (Lipinski definition) is 6. The molecule has 0 aliphatic heterocycles. The first-order valence-corrected chi connectivity index (χ1v) is 7.56. The number of nitro groups is 1. The Morgan fingerprint density at radius 3 is 1.91 bits per heavy atom. The van der Waals surface area contributed by atoms with Crippen LogP contribution in [0, 0.1) is 16.0 Å². The van der Waals surface area contributed by atoms with Crippen LogP contribution in [-0.2, 0) is 25.5 Å². The van der Waals surface area contributed by atoms with Gasteiger partial charge in [-0.3, -0.25) is 19.7 Å². The average molecular weight is 323 g/mol. The van der Waals surface area contributed by atoms with Gasteiger partial charge in [0, 0.05) is 12.1 Å². The monoisotopic (exact) mass is 323 g/mol. The van der Waals surface area contributed by atoms with Gasteiger partial charge in [0.1, 0.15) is 0 Å². The largest absolute Gasteiger partial charge is 0.465 e. The number of hydrogen-bond donors (Lipinski definition) is 0. The molecule has 0 unspecified atom stereocenters. The fourth-order valence-corrected chi connectivity index (χ4v) is 1.86. The van der Waals surface area contributed by atoms with Crippen molar-refractivity contribution in [2.75, 3.05) is 13.2 Å². The Kier molecular flexibility index (Phi) is 7.73. The molecule has 0 heterocycles. The number of carbonyl (C=O) groups is 2. The van der Waals surface area contributed by atoms with Crippen molar-refractivity contribution in [1.82, 2.24) is 0 Å². The molecule has 0 aliphatic carbocycles. The molecule has 0 N–H and O–H groups in total. The summed E-state index contributed by atoms with van der Waals surface area (Å²) in [4.78, 5) is 34.2. The molecule has 1 rings (SSSR count). The molecule has 1 aromatic carbocycles. The first kappa shape index (κ1) is 18.6. The van der Waals surface area contributed by atoms with Crippen molar-refractivity contribution in [3.8, 4) is 0 Å². The maximum absolute atomic E-state index is 12.1. The lowest BCUT2D eigenvalue weighted by Crippen LogP contribution is -2.30. The van der Waals surface area contributed by atoms with Crippen molar-refractivity contribution in [3.05, 3.63) is 39.9 Å². The van der Waals surface area contributed by atoms with Crippen molar-refractivity contribution in [2.45, 2.75) is 33.1 Å². The fraction of sp³-hybridized carbons (Fsp3) is 0.500. The summed E-state index contributed by atoms with van der Waals surface area (Å²) in [6.07, 6.45) is 1.39. The summed E-state index contributed by atoms with van der Waals surface area (Å²) in [5.74, 6) is -2.33. The number of nitro benzene ring substituents is 1. The van der Waals surface area contributed by atoms with Crippen molar-refractivity contribution >= 4 is 17.6 Å². The van der Waals surface area contributed by atoms with Crippen LogP contribution in [0.2, 0.25) is 0 Å². The van der Waals surface area contributed by atoms with E-state index in [0.717, 1.165) is 0 Å². The molecule has 1 aromatic rings. The second kappa shape index (κ2) is 9.55. The van der Waals surface area contributed by atoms with E-state index in [-0.39, 0.29) is 25.3 Å². The molecule has 0 amide bonds. The van der Waals surface area contributed by atoms with Gasteiger partial charge in [-0.1, -0.05) is 26.0 Å². The van der Waals surface area contributed by atoms with Crippen LogP contribution in [0.25, 0.3) is 0 Å². The molecule has 7 heteroatoms. The Bertz CT molecular complexity index is 520. The Hall–Kier alpha value is -2.44. The minimum absolute atomic E-state index is 0.0487. The average Bonchev–Trinajstić information content (AvgIpc) is 2.55. The van der Waals surface area contributed by atoms with E-state index in [4.69, 9.17) is 9.47 Å². The van der Waals surface area contributed by atoms with Crippen LogP contribution >= 0.6 is 0 Å². The van der Waals surface area contributed by atoms with Crippen molar-refractivity contribution in [3.63, 3.8) is 0 Å². The van der Waals surface area contributed by atoms with Gasteiger partial charge in [0.05, 0.1) is 18.1 Å². The highest BCUT2D eigenvalue weighted by atomic mass is 16.6. The van der Waals surface area contributed by atoms with E-state index in [9.17, 15) is 19.7 Å². The molecule has 0 spiro atoms. The summed E-state index contributed by atoms with van der Waals surface area (Å²) < 4.78 is 10.1. The van der Waals surface area contributed by atoms with Crippen LogP contribution in [0.4, 0.5) is 5.69 Å². The number of benzene rings is 1. The zero-order valence-electron chi connectivity index (χ0n) is 13.3. The van der Waals surface area contributed by atoms with Crippen LogP contribution in [-0.4, -0.2) is 30.1 Å². The predicted molar refractivity (Wildman–Crippen MR) is 82.8 cm³/mol. The smallest absolute Gasteiger partial charge is 0.320 e. The quantitative estimate of drug-likeness (QED) is 0.300. The van der Waals surface area contributed by atoms with E-state index in [2.05, 4.69) is 0 Å². The lowest BCUT2D eigenvalue weighted by molar-refractivity contribution is -0.384. The molecule has 0 radical (unpaired) electrons. The number of non-ortho nitro benzene ring substituents is 1. The number of ether oxygens (including phenoxy) is 2. The van der Waals surface area contributed by atoms with Crippen molar-refractivity contribution < 1.29 is 24.0 Å². The Morgan fingerprint density at radius 2 is 1.52 bits per heavy atom. The highest BCUT2D eigenvalue weighted by Gasteiger charge is 2.30. The van der Waals surface area contributed by atoms with Gasteiger partial charge in [-0.15, -0.1) is 0 Å². The zero-order chi connectivity index (χ0) is 17.2. The SMILES string of the molecule is CCCOC(=O)C(Cc1ccc([N+](=O)[O-])cc1)C(=O)OCCC. The zero-order valence-corrected chi connectivity index (χ0v) is 13.3. The van der Waals surface area contributed by atoms with Crippen LogP contribution in [0.3, 0.4) is 0 Å². The van der Waals surface area contributed by atoms with Gasteiger partial charge < -0.3 is 9.47 Å². The third-order valence-corrected chi connectivity index (χ3v) is 3.05. The Balaban J connectivity index is 2.83. The topological polar surface area (TPSA) is 95.7 Å². The number of rotatable bonds is 9. The predicted octanol–water partition coefficient (Wildman–Crippen LogP) is 2.66. The molecule has 0 saturated carbocycles. The first-order chi connectivity index (χ1) is 11.0. The standard InChI is InChI=1S/C16H21NO6/c1-3-9-22-15(18)14(16(19)23-10-4-2)11-12-5-7-13(8-6-12)17(20)21/h5-8,14H,3-4,9-11H2,1-2H3. The van der Waals surface area contributed by atoms with Crippen molar-refractivity contribution in [1.29, 1.82) is 0 Å². The highest BCUT2D eigenvalue weighted by molar-refractivity contribution is 5.95. The minimum Gasteiger partial charge on any atom is -0.465 e. The third-order valence-electron chi connectivity index (χ3n) is 3.05. The lowest BCUT2D eigenvalue weighted by atomic mass is 9.99. The molecule has 0 bridgehead atoms. The number of nitrogens with zero attached hydrogens (tertiary/aromatic N) is 1. The van der Waals surface area contributed by atoms with Gasteiger partial charge in [-0.2, -0.15) is 0 Å². The minimum atomic E-state index is -1.06. The molecule has 0 aromatic heterocycles. The normalized spacial score (nSPS) is 10.4. The summed E-state index contributed by atoms with van der Waals surface area (Å²) in [5, 5.41) is 10.6. The molecule has 23 heavy (non-hydrogen) atoms. The summed E-state index contributed by atoms with van der Waals surface area (Å²) >= 11 is 0. The van der Waals surface area contributed by atoms with Crippen LogP contribution in [0.5, 0.6) is 0 Å². The van der Waals surface area contributed by atoms with E-state index < -0.39 is 22.8 Å². The molecule has 0 atom stereocenters. The van der Waals surface area contributed by atoms with E-state index in [1.165, 1.54) is 24.3 Å². The van der Waals surface area contributed by atoms with E-state index >= 15 is 0 Å². The van der Waals surface area contributed by atoms with Gasteiger partial charge in [0.2, 0.25) is 0 Å². The lowest BCUT2D eigenvalue weighted by Gasteiger charge is -2.15. The Morgan fingerprint density at radius 1 is 1.04 bits per heavy atom. The molecule has 0 fully saturated rings. The summed E-state index contributed by atoms with van der Waals surface area (Å²) in [7, 11) is 0. The molecule has 0 saturated heterocycles. The summed E-state index contributed by atoms with van der Waals surface area (Å²) in [6, 6.07) is 5.71. The highest BCUT2D eigenvalue weighted by Crippen LogP contribution is 2.17. The van der Waals surface area contributed by atoms with Crippen LogP contribution in [0.1, 0.15) is 32.3 Å². The maximum Gasteiger partial charge on any atom is 0.320 e. The number of carbonyl (C=O) groups excluding carboxylic acids is 2. The molecule has 0 aliphatic rings. The third kappa shape index (κ3) is 6.06. The van der Waals surface area contributed by atoms with E-state index in [0.29, 0.717) is 18.4 Å². The van der Waals surface area contributed by atoms with Gasteiger partial charge in [-0.05, 0) is 24.8 Å². The Labute approximate surface area is 134 Å². The first-order valence-electron chi connectivity index (χ1n) is 7.56. The van der Waals surface area contributed by atoms with Gasteiger partial charge in [-0.25, -0.2) is 0 Å². The number of esters is 2. The molecule has 126 valence electrons. The van der Waals surface area contributed by atoms with E-state index in [1.54, 1.807) is 0 Å². The van der Waals surface area contributed by atoms with Gasteiger partial charge in [0.25, 0.3) is 5.69 Å². The van der Waals surface area contributed by atoms with Crippen LogP contribution < -0.4 is 0 Å². The molecular formula is C16H21NO6. The van der Waals surface area contributed by atoms with Gasteiger partial charge >= 0.3 is 11.9 Å². The maximum atomic E-state index is 12.1. The summed E-state index contributed by atoms with van der Waals surface area (Å²) in [6.45, 7) is 4.18. The molecule has 7 nitrogen and oxygen atoms in total. The van der Waals surface area contributed by atoms with E-state index in [1.807, 2.05) is 13.8 Å². The van der Waals surface area contributed by atoms with Crippen molar-refractivity contribution in [2.24, 2.45) is 5.92 Å². The van der Waals surface area contributed by atoms with Crippen LogP contribution in [0.15, 0.2) is 24.3 Å². The van der Waals surface area contributed by atoms with Gasteiger partial charge in [0.15, 0.2) is 5.92 Å². The summed E-state index contributed by atoms with van der Waals surface area (Å²) in [5.41, 5.74) is 0.579.